The van der Waals surface area contributed by atoms with E-state index in [4.69, 9.17) is 22.1 Å². The molecule has 0 aromatic carbocycles. The number of nitrogens with two attached hydrogens (primary N) is 1. The zero-order valence-corrected chi connectivity index (χ0v) is 12.9. The summed E-state index contributed by atoms with van der Waals surface area (Å²) in [4.78, 5) is 22.9. The average molecular weight is 312 g/mol. The van der Waals surface area contributed by atoms with E-state index in [0.717, 1.165) is 5.56 Å². The van der Waals surface area contributed by atoms with E-state index in [1.54, 1.807) is 27.0 Å². The van der Waals surface area contributed by atoms with Gasteiger partial charge in [0, 0.05) is 18.3 Å². The van der Waals surface area contributed by atoms with Crippen LogP contribution in [0, 0.1) is 0 Å². The number of rotatable bonds is 3. The van der Waals surface area contributed by atoms with Crippen molar-refractivity contribution in [2.24, 2.45) is 5.73 Å². The lowest BCUT2D eigenvalue weighted by atomic mass is 10.1. The maximum Gasteiger partial charge on any atom is 0.408 e. The van der Waals surface area contributed by atoms with Crippen LogP contribution in [-0.2, 0) is 4.74 Å². The number of carbonyl (C=O) groups excluding carboxylic acids is 1. The Hall–Kier alpha value is -1.86. The van der Waals surface area contributed by atoms with Gasteiger partial charge in [-0.15, -0.1) is 0 Å². The summed E-state index contributed by atoms with van der Waals surface area (Å²) in [6, 6.07) is -0.447. The highest BCUT2D eigenvalue weighted by Crippen LogP contribution is 2.27. The Morgan fingerprint density at radius 2 is 2.24 bits per heavy atom. The third kappa shape index (κ3) is 3.62. The van der Waals surface area contributed by atoms with Gasteiger partial charge in [0.2, 0.25) is 0 Å². The second kappa shape index (κ2) is 5.87. The fourth-order valence-electron chi connectivity index (χ4n) is 1.94. The smallest absolute Gasteiger partial charge is 0.408 e. The first-order valence-corrected chi connectivity index (χ1v) is 6.86. The molecule has 2 aromatic heterocycles. The van der Waals surface area contributed by atoms with Crippen LogP contribution >= 0.6 is 11.6 Å². The van der Waals surface area contributed by atoms with Crippen molar-refractivity contribution in [3.63, 3.8) is 0 Å². The van der Waals surface area contributed by atoms with Crippen molar-refractivity contribution in [1.29, 1.82) is 0 Å². The van der Waals surface area contributed by atoms with Gasteiger partial charge in [0.15, 0.2) is 0 Å². The van der Waals surface area contributed by atoms with Gasteiger partial charge < -0.3 is 20.8 Å². The van der Waals surface area contributed by atoms with Crippen LogP contribution in [0.5, 0.6) is 0 Å². The minimum Gasteiger partial charge on any atom is -0.444 e. The maximum atomic E-state index is 11.9. The lowest BCUT2D eigenvalue weighted by molar-refractivity contribution is 0.0505. The minimum absolute atomic E-state index is 0.192. The van der Waals surface area contributed by atoms with Crippen LogP contribution in [0.15, 0.2) is 12.5 Å². The Kier molecular flexibility index (Phi) is 4.34. The van der Waals surface area contributed by atoms with E-state index in [-0.39, 0.29) is 6.54 Å². The van der Waals surface area contributed by atoms with Crippen molar-refractivity contribution in [3.05, 3.63) is 23.2 Å². The first-order chi connectivity index (χ1) is 9.81. The fraction of sp³-hybridized carbons (Fsp3) is 0.462. The van der Waals surface area contributed by atoms with Gasteiger partial charge in [-0.25, -0.2) is 14.8 Å². The molecule has 21 heavy (non-hydrogen) atoms. The zero-order valence-electron chi connectivity index (χ0n) is 12.1. The van der Waals surface area contributed by atoms with Crippen molar-refractivity contribution >= 4 is 28.7 Å². The van der Waals surface area contributed by atoms with E-state index in [0.29, 0.717) is 16.2 Å². The van der Waals surface area contributed by atoms with Crippen molar-refractivity contribution in [3.8, 4) is 0 Å². The van der Waals surface area contributed by atoms with Crippen LogP contribution in [0.3, 0.4) is 0 Å². The lowest BCUT2D eigenvalue weighted by Crippen LogP contribution is -2.37. The number of halogens is 1. The predicted octanol–water partition coefficient (Wildman–Crippen LogP) is 2.14. The highest BCUT2D eigenvalue weighted by atomic mass is 35.5. The number of ether oxygens (including phenoxy) is 1. The summed E-state index contributed by atoms with van der Waals surface area (Å²) in [6.45, 7) is 5.57. The molecular weight excluding hydrogens is 294 g/mol. The number of hydrogen-bond acceptors (Lipinski definition) is 5. The van der Waals surface area contributed by atoms with Crippen LogP contribution in [0.2, 0.25) is 5.15 Å². The number of carbonyl (C=O) groups is 1. The summed E-state index contributed by atoms with van der Waals surface area (Å²) in [5, 5.41) is 3.67. The van der Waals surface area contributed by atoms with E-state index in [1.165, 1.54) is 6.33 Å². The number of alkyl carbamates (subject to hydrolysis) is 1. The number of nitrogens with zero attached hydrogens (tertiary/aromatic N) is 2. The molecule has 0 spiro atoms. The highest BCUT2D eigenvalue weighted by Gasteiger charge is 2.22. The van der Waals surface area contributed by atoms with Gasteiger partial charge in [0.1, 0.15) is 22.7 Å². The SMILES string of the molecule is CC(C)(C)OC(=O)NC(CN)c1c[nH]c2ncnc(Cl)c12. The minimum atomic E-state index is -0.579. The first kappa shape index (κ1) is 15.5. The van der Waals surface area contributed by atoms with E-state index in [1.807, 2.05) is 0 Å². The Morgan fingerprint density at radius 1 is 1.52 bits per heavy atom. The van der Waals surface area contributed by atoms with Gasteiger partial charge in [-0.2, -0.15) is 0 Å². The number of H-pyrrole nitrogens is 1. The Balaban J connectivity index is 2.26. The van der Waals surface area contributed by atoms with Crippen LogP contribution in [-0.4, -0.2) is 33.2 Å². The van der Waals surface area contributed by atoms with Crippen molar-refractivity contribution in [2.45, 2.75) is 32.4 Å². The van der Waals surface area contributed by atoms with Gasteiger partial charge in [-0.3, -0.25) is 0 Å². The Labute approximate surface area is 127 Å². The van der Waals surface area contributed by atoms with Crippen LogP contribution in [0.4, 0.5) is 4.79 Å². The molecule has 0 aliphatic heterocycles. The summed E-state index contributed by atoms with van der Waals surface area (Å²) in [7, 11) is 0. The summed E-state index contributed by atoms with van der Waals surface area (Å²) >= 11 is 6.09. The molecule has 4 N–H and O–H groups in total. The standard InChI is InChI=1S/C13H18ClN5O2/c1-13(2,3)21-12(20)19-8(4-15)7-5-16-11-9(7)10(14)17-6-18-11/h5-6,8H,4,15H2,1-3H3,(H,19,20)(H,16,17,18). The summed E-state index contributed by atoms with van der Waals surface area (Å²) < 4.78 is 5.23. The van der Waals surface area contributed by atoms with E-state index in [2.05, 4.69) is 20.3 Å². The van der Waals surface area contributed by atoms with E-state index in [9.17, 15) is 4.79 Å². The van der Waals surface area contributed by atoms with Gasteiger partial charge >= 0.3 is 6.09 Å². The average Bonchev–Trinajstić information content (AvgIpc) is 2.79. The first-order valence-electron chi connectivity index (χ1n) is 6.49. The van der Waals surface area contributed by atoms with Crippen molar-refractivity contribution in [2.75, 3.05) is 6.54 Å². The molecule has 0 radical (unpaired) electrons. The molecule has 0 bridgehead atoms. The molecular formula is C13H18ClN5O2. The quantitative estimate of drug-likeness (QED) is 0.753. The molecule has 0 fully saturated rings. The van der Waals surface area contributed by atoms with E-state index >= 15 is 0 Å². The highest BCUT2D eigenvalue weighted by molar-refractivity contribution is 6.34. The Morgan fingerprint density at radius 3 is 2.86 bits per heavy atom. The second-order valence-electron chi connectivity index (χ2n) is 5.57. The molecule has 2 rings (SSSR count). The summed E-state index contributed by atoms with van der Waals surface area (Å²) in [5.41, 5.74) is 6.49. The molecule has 2 heterocycles. The summed E-state index contributed by atoms with van der Waals surface area (Å²) in [6.07, 6.45) is 2.53. The van der Waals surface area contributed by atoms with Crippen molar-refractivity contribution in [1.82, 2.24) is 20.3 Å². The molecule has 114 valence electrons. The van der Waals surface area contributed by atoms with Gasteiger partial charge in [0.25, 0.3) is 0 Å². The number of aromatic nitrogens is 3. The lowest BCUT2D eigenvalue weighted by Gasteiger charge is -2.23. The molecule has 1 atom stereocenters. The van der Waals surface area contributed by atoms with Gasteiger partial charge in [-0.05, 0) is 20.8 Å². The van der Waals surface area contributed by atoms with Crippen LogP contribution < -0.4 is 11.1 Å². The topological polar surface area (TPSA) is 106 Å². The molecule has 0 saturated heterocycles. The predicted molar refractivity (Wildman–Crippen MR) is 80.1 cm³/mol. The molecule has 0 aliphatic carbocycles. The molecule has 8 heteroatoms. The molecule has 1 unspecified atom stereocenters. The van der Waals surface area contributed by atoms with Crippen molar-refractivity contribution < 1.29 is 9.53 Å². The zero-order chi connectivity index (χ0) is 15.6. The van der Waals surface area contributed by atoms with Crippen LogP contribution in [0.25, 0.3) is 11.0 Å². The van der Waals surface area contributed by atoms with Crippen LogP contribution in [0.1, 0.15) is 32.4 Å². The molecule has 1 amide bonds. The maximum absolute atomic E-state index is 11.9. The molecule has 7 nitrogen and oxygen atoms in total. The molecule has 2 aromatic rings. The number of fused-ring (bicyclic) bond motifs is 1. The van der Waals surface area contributed by atoms with E-state index < -0.39 is 17.7 Å². The Bertz CT molecular complexity index is 650. The fourth-order valence-corrected chi connectivity index (χ4v) is 2.18. The number of hydrogen-bond donors (Lipinski definition) is 3. The molecule has 0 saturated carbocycles. The molecule has 0 aliphatic rings. The number of nitrogens with one attached hydrogen (secondary N) is 2. The third-order valence-electron chi connectivity index (χ3n) is 2.76. The second-order valence-corrected chi connectivity index (χ2v) is 5.92. The number of amides is 1. The number of aromatic amines is 1. The normalized spacial score (nSPS) is 13.2. The van der Waals surface area contributed by atoms with Gasteiger partial charge in [0.05, 0.1) is 11.4 Å². The summed E-state index contributed by atoms with van der Waals surface area (Å²) in [5.74, 6) is 0. The largest absolute Gasteiger partial charge is 0.444 e. The monoisotopic (exact) mass is 311 g/mol. The van der Waals surface area contributed by atoms with Gasteiger partial charge in [-0.1, -0.05) is 11.6 Å². The third-order valence-corrected chi connectivity index (χ3v) is 3.04.